The summed E-state index contributed by atoms with van der Waals surface area (Å²) >= 11 is 0. The van der Waals surface area contributed by atoms with Gasteiger partial charge in [0.05, 0.1) is 6.26 Å². The van der Waals surface area contributed by atoms with Crippen LogP contribution in [0.1, 0.15) is 10.6 Å². The Morgan fingerprint density at radius 2 is 1.63 bits per heavy atom. The summed E-state index contributed by atoms with van der Waals surface area (Å²) in [5.74, 6) is 1.03. The maximum absolute atomic E-state index is 12.3. The standard InChI is InChI=1S/C24H26N2O4/c27-21(17-25-12-14-26(15-13-25)24(28)23-7-4-16-29-23)18-30-22-10-8-20(9-11-22)19-5-2-1-3-6-19/h1-11,16,21,27H,12-15,17-18H2. The zero-order valence-corrected chi connectivity index (χ0v) is 16.8. The van der Waals surface area contributed by atoms with Crippen LogP contribution in [0.2, 0.25) is 0 Å². The van der Waals surface area contributed by atoms with E-state index in [-0.39, 0.29) is 12.5 Å². The summed E-state index contributed by atoms with van der Waals surface area (Å²) in [5, 5.41) is 10.4. The van der Waals surface area contributed by atoms with Crippen molar-refractivity contribution in [3.05, 3.63) is 78.8 Å². The first-order chi connectivity index (χ1) is 14.7. The van der Waals surface area contributed by atoms with E-state index in [0.29, 0.717) is 25.4 Å². The van der Waals surface area contributed by atoms with Crippen molar-refractivity contribution >= 4 is 5.91 Å². The number of furan rings is 1. The van der Waals surface area contributed by atoms with Crippen molar-refractivity contribution in [1.29, 1.82) is 0 Å². The van der Waals surface area contributed by atoms with E-state index in [1.165, 1.54) is 6.26 Å². The van der Waals surface area contributed by atoms with Crippen LogP contribution in [0.25, 0.3) is 11.1 Å². The first-order valence-electron chi connectivity index (χ1n) is 10.2. The van der Waals surface area contributed by atoms with Crippen LogP contribution in [0.15, 0.2) is 77.4 Å². The van der Waals surface area contributed by atoms with Crippen molar-refractivity contribution in [2.75, 3.05) is 39.3 Å². The van der Waals surface area contributed by atoms with Crippen molar-refractivity contribution in [2.24, 2.45) is 0 Å². The third kappa shape index (κ3) is 5.09. The number of rotatable bonds is 7. The molecule has 1 unspecified atom stereocenters. The zero-order chi connectivity index (χ0) is 20.8. The van der Waals surface area contributed by atoms with E-state index >= 15 is 0 Å². The molecule has 1 fully saturated rings. The van der Waals surface area contributed by atoms with E-state index in [4.69, 9.17) is 9.15 Å². The minimum Gasteiger partial charge on any atom is -0.491 e. The second-order valence-corrected chi connectivity index (χ2v) is 7.43. The number of carbonyl (C=O) groups is 1. The van der Waals surface area contributed by atoms with Crippen LogP contribution in [0.3, 0.4) is 0 Å². The number of aliphatic hydroxyl groups is 1. The van der Waals surface area contributed by atoms with Crippen molar-refractivity contribution < 1.29 is 19.1 Å². The van der Waals surface area contributed by atoms with Gasteiger partial charge in [0, 0.05) is 32.7 Å². The summed E-state index contributed by atoms with van der Waals surface area (Å²) in [5.41, 5.74) is 2.29. The third-order valence-corrected chi connectivity index (χ3v) is 5.26. The maximum Gasteiger partial charge on any atom is 0.289 e. The Hall–Kier alpha value is -3.09. The predicted octanol–water partition coefficient (Wildman–Crippen LogP) is 3.14. The topological polar surface area (TPSA) is 66.2 Å². The normalized spacial score (nSPS) is 15.7. The van der Waals surface area contributed by atoms with Gasteiger partial charge >= 0.3 is 0 Å². The van der Waals surface area contributed by atoms with E-state index in [2.05, 4.69) is 17.0 Å². The highest BCUT2D eigenvalue weighted by Crippen LogP contribution is 2.22. The van der Waals surface area contributed by atoms with Gasteiger partial charge in [0.15, 0.2) is 5.76 Å². The van der Waals surface area contributed by atoms with Crippen molar-refractivity contribution in [3.63, 3.8) is 0 Å². The molecule has 0 aliphatic carbocycles. The first-order valence-corrected chi connectivity index (χ1v) is 10.2. The third-order valence-electron chi connectivity index (χ3n) is 5.26. The lowest BCUT2D eigenvalue weighted by Gasteiger charge is -2.35. The van der Waals surface area contributed by atoms with Gasteiger partial charge in [-0.3, -0.25) is 9.69 Å². The molecule has 6 nitrogen and oxygen atoms in total. The van der Waals surface area contributed by atoms with Gasteiger partial charge in [0.1, 0.15) is 18.5 Å². The number of nitrogens with zero attached hydrogens (tertiary/aromatic N) is 2. The predicted molar refractivity (Wildman–Crippen MR) is 114 cm³/mol. The Kier molecular flexibility index (Phi) is 6.47. The Balaban J connectivity index is 1.20. The maximum atomic E-state index is 12.3. The smallest absolute Gasteiger partial charge is 0.289 e. The molecule has 2 aromatic carbocycles. The first kappa shape index (κ1) is 20.2. The molecule has 1 N–H and O–H groups in total. The second kappa shape index (κ2) is 9.61. The molecular formula is C24H26N2O4. The van der Waals surface area contributed by atoms with E-state index < -0.39 is 6.10 Å². The monoisotopic (exact) mass is 406 g/mol. The molecule has 0 radical (unpaired) electrons. The summed E-state index contributed by atoms with van der Waals surface area (Å²) < 4.78 is 10.9. The molecule has 156 valence electrons. The molecule has 0 saturated carbocycles. The SMILES string of the molecule is O=C(c1ccco1)N1CCN(CC(O)COc2ccc(-c3ccccc3)cc2)CC1. The Bertz CT molecular complexity index is 918. The summed E-state index contributed by atoms with van der Waals surface area (Å²) in [6.45, 7) is 3.42. The quantitative estimate of drug-likeness (QED) is 0.653. The van der Waals surface area contributed by atoms with E-state index in [9.17, 15) is 9.90 Å². The summed E-state index contributed by atoms with van der Waals surface area (Å²) in [6, 6.07) is 21.5. The van der Waals surface area contributed by atoms with Crippen LogP contribution in [-0.4, -0.2) is 66.2 Å². The number of amides is 1. The Labute approximate surface area is 176 Å². The average Bonchev–Trinajstić information content (AvgIpc) is 3.34. The molecule has 1 saturated heterocycles. The highest BCUT2D eigenvalue weighted by molar-refractivity contribution is 5.91. The van der Waals surface area contributed by atoms with Gasteiger partial charge in [0.25, 0.3) is 5.91 Å². The van der Waals surface area contributed by atoms with Gasteiger partial charge in [-0.25, -0.2) is 0 Å². The molecule has 6 heteroatoms. The van der Waals surface area contributed by atoms with E-state index in [0.717, 1.165) is 30.0 Å². The van der Waals surface area contributed by atoms with Crippen molar-refractivity contribution in [3.8, 4) is 16.9 Å². The molecule has 3 aromatic rings. The molecule has 30 heavy (non-hydrogen) atoms. The molecule has 1 amide bonds. The fourth-order valence-corrected chi connectivity index (χ4v) is 3.61. The van der Waals surface area contributed by atoms with Crippen LogP contribution < -0.4 is 4.74 Å². The molecular weight excluding hydrogens is 380 g/mol. The average molecular weight is 406 g/mol. The summed E-state index contributed by atoms with van der Waals surface area (Å²) in [7, 11) is 0. The van der Waals surface area contributed by atoms with Gasteiger partial charge < -0.3 is 19.2 Å². The summed E-state index contributed by atoms with van der Waals surface area (Å²) in [6.07, 6.45) is 0.917. The highest BCUT2D eigenvalue weighted by Gasteiger charge is 2.24. The Morgan fingerprint density at radius 1 is 0.933 bits per heavy atom. The zero-order valence-electron chi connectivity index (χ0n) is 16.8. The number of hydrogen-bond donors (Lipinski definition) is 1. The molecule has 4 rings (SSSR count). The number of aliphatic hydroxyl groups excluding tert-OH is 1. The molecule has 1 aromatic heterocycles. The fraction of sp³-hybridized carbons (Fsp3) is 0.292. The molecule has 2 heterocycles. The number of β-amino-alcohol motifs (C(OH)–C–C–N with tert-alkyl or cyclic N) is 1. The van der Waals surface area contributed by atoms with Crippen LogP contribution >= 0.6 is 0 Å². The van der Waals surface area contributed by atoms with Crippen molar-refractivity contribution in [2.45, 2.75) is 6.10 Å². The van der Waals surface area contributed by atoms with Crippen LogP contribution in [0.5, 0.6) is 5.75 Å². The second-order valence-electron chi connectivity index (χ2n) is 7.43. The van der Waals surface area contributed by atoms with Crippen LogP contribution in [0.4, 0.5) is 0 Å². The van der Waals surface area contributed by atoms with Gasteiger partial charge in [-0.2, -0.15) is 0 Å². The summed E-state index contributed by atoms with van der Waals surface area (Å²) in [4.78, 5) is 16.2. The lowest BCUT2D eigenvalue weighted by molar-refractivity contribution is 0.0389. The van der Waals surface area contributed by atoms with E-state index in [1.54, 1.807) is 17.0 Å². The van der Waals surface area contributed by atoms with Crippen LogP contribution in [0, 0.1) is 0 Å². The minimum absolute atomic E-state index is 0.0810. The molecule has 1 atom stereocenters. The lowest BCUT2D eigenvalue weighted by atomic mass is 10.1. The minimum atomic E-state index is -0.592. The van der Waals surface area contributed by atoms with Crippen LogP contribution in [-0.2, 0) is 0 Å². The highest BCUT2D eigenvalue weighted by atomic mass is 16.5. The van der Waals surface area contributed by atoms with Gasteiger partial charge in [-0.15, -0.1) is 0 Å². The number of carbonyl (C=O) groups excluding carboxylic acids is 1. The van der Waals surface area contributed by atoms with Gasteiger partial charge in [0.2, 0.25) is 0 Å². The van der Waals surface area contributed by atoms with Gasteiger partial charge in [-0.05, 0) is 35.4 Å². The molecule has 0 spiro atoms. The largest absolute Gasteiger partial charge is 0.491 e. The Morgan fingerprint density at radius 3 is 2.30 bits per heavy atom. The molecule has 0 bridgehead atoms. The van der Waals surface area contributed by atoms with E-state index in [1.807, 2.05) is 42.5 Å². The van der Waals surface area contributed by atoms with Gasteiger partial charge in [-0.1, -0.05) is 42.5 Å². The number of benzene rings is 2. The number of ether oxygens (including phenoxy) is 1. The fourth-order valence-electron chi connectivity index (χ4n) is 3.61. The lowest BCUT2D eigenvalue weighted by Crippen LogP contribution is -2.50. The number of piperazine rings is 1. The molecule has 1 aliphatic heterocycles. The number of hydrogen-bond acceptors (Lipinski definition) is 5. The molecule has 1 aliphatic rings. The van der Waals surface area contributed by atoms with Crippen molar-refractivity contribution in [1.82, 2.24) is 9.80 Å².